The minimum Gasteiger partial charge on any atom is -0.465 e. The Morgan fingerprint density at radius 1 is 1.00 bits per heavy atom. The molecule has 0 bridgehead atoms. The van der Waals surface area contributed by atoms with Crippen molar-refractivity contribution >= 4 is 46.3 Å². The van der Waals surface area contributed by atoms with E-state index in [1.807, 2.05) is 99.8 Å². The number of thiophene rings is 1. The van der Waals surface area contributed by atoms with Crippen molar-refractivity contribution in [2.24, 2.45) is 4.99 Å². The Balaban J connectivity index is 1.46. The molecule has 1 N–H and O–H groups in total. The Bertz CT molecular complexity index is 2130. The van der Waals surface area contributed by atoms with E-state index in [1.54, 1.807) is 10.6 Å². The van der Waals surface area contributed by atoms with Crippen LogP contribution >= 0.6 is 22.7 Å². The molecule has 5 aromatic rings. The van der Waals surface area contributed by atoms with E-state index < -0.39 is 6.04 Å². The maximum atomic E-state index is 14.1. The average Bonchev–Trinajstić information content (AvgIpc) is 3.72. The summed E-state index contributed by atoms with van der Waals surface area (Å²) in [6, 6.07) is 20.1. The van der Waals surface area contributed by atoms with Crippen molar-refractivity contribution in [1.29, 1.82) is 0 Å². The van der Waals surface area contributed by atoms with E-state index in [-0.39, 0.29) is 17.4 Å². The average molecular weight is 623 g/mol. The van der Waals surface area contributed by atoms with E-state index in [2.05, 4.69) is 9.88 Å². The number of rotatable bonds is 6. The lowest BCUT2D eigenvalue weighted by atomic mass is 10.0. The third kappa shape index (κ3) is 5.06. The number of allylic oxidation sites excluding steroid dienone is 1. The van der Waals surface area contributed by atoms with Gasteiger partial charge in [-0.05, 0) is 86.7 Å². The second-order valence-corrected chi connectivity index (χ2v) is 12.5. The summed E-state index contributed by atoms with van der Waals surface area (Å²) in [5.74, 6) is -0.682. The van der Waals surface area contributed by atoms with Gasteiger partial charge in [0.25, 0.3) is 11.5 Å². The minimum absolute atomic E-state index is 0.210. The number of nitrogens with one attached hydrogen (secondary N) is 1. The van der Waals surface area contributed by atoms with Gasteiger partial charge in [0.15, 0.2) is 4.80 Å². The first-order chi connectivity index (χ1) is 21.2. The van der Waals surface area contributed by atoms with Gasteiger partial charge < -0.3 is 14.6 Å². The van der Waals surface area contributed by atoms with Crippen LogP contribution in [0, 0.1) is 20.8 Å². The number of ether oxygens (including phenoxy) is 1. The fourth-order valence-electron chi connectivity index (χ4n) is 5.69. The van der Waals surface area contributed by atoms with E-state index in [4.69, 9.17) is 9.73 Å². The number of para-hydroxylation sites is 1. The number of carbonyl (C=O) groups excluding carboxylic acids is 2. The van der Waals surface area contributed by atoms with Crippen molar-refractivity contribution in [1.82, 2.24) is 9.13 Å². The zero-order valence-electron chi connectivity index (χ0n) is 24.9. The van der Waals surface area contributed by atoms with Crippen LogP contribution in [-0.4, -0.2) is 28.1 Å². The predicted octanol–water partition coefficient (Wildman–Crippen LogP) is 5.44. The lowest BCUT2D eigenvalue weighted by molar-refractivity contribution is -0.113. The first-order valence-electron chi connectivity index (χ1n) is 14.0. The first-order valence-corrected chi connectivity index (χ1v) is 15.7. The van der Waals surface area contributed by atoms with Crippen molar-refractivity contribution < 1.29 is 14.3 Å². The zero-order valence-corrected chi connectivity index (χ0v) is 26.5. The van der Waals surface area contributed by atoms with E-state index in [1.165, 1.54) is 29.8 Å². The molecule has 1 atom stereocenters. The molecule has 0 saturated heterocycles. The molecular weight excluding hydrogens is 593 g/mol. The van der Waals surface area contributed by atoms with Crippen molar-refractivity contribution in [2.45, 2.75) is 33.7 Å². The highest BCUT2D eigenvalue weighted by atomic mass is 32.1. The second-order valence-electron chi connectivity index (χ2n) is 10.5. The number of fused-ring (bicyclic) bond motifs is 1. The van der Waals surface area contributed by atoms with Gasteiger partial charge >= 0.3 is 5.97 Å². The molecule has 8 nitrogen and oxygen atoms in total. The fourth-order valence-corrected chi connectivity index (χ4v) is 7.55. The van der Waals surface area contributed by atoms with Gasteiger partial charge in [-0.1, -0.05) is 41.7 Å². The van der Waals surface area contributed by atoms with Gasteiger partial charge in [0.05, 0.1) is 28.5 Å². The Hall–Kier alpha value is -4.80. The molecule has 0 aliphatic carbocycles. The van der Waals surface area contributed by atoms with Crippen LogP contribution in [0.1, 0.15) is 50.7 Å². The van der Waals surface area contributed by atoms with Gasteiger partial charge in [-0.25, -0.2) is 9.79 Å². The Kier molecular flexibility index (Phi) is 7.79. The third-order valence-corrected chi connectivity index (χ3v) is 9.73. The lowest BCUT2D eigenvalue weighted by Gasteiger charge is -2.24. The smallest absolute Gasteiger partial charge is 0.338 e. The number of thiazole rings is 1. The Morgan fingerprint density at radius 2 is 1.77 bits per heavy atom. The van der Waals surface area contributed by atoms with E-state index in [9.17, 15) is 14.4 Å². The normalized spacial score (nSPS) is 14.8. The van der Waals surface area contributed by atoms with Crippen LogP contribution in [0.5, 0.6) is 0 Å². The molecule has 0 radical (unpaired) electrons. The largest absolute Gasteiger partial charge is 0.465 e. The molecule has 0 saturated carbocycles. The van der Waals surface area contributed by atoms with Gasteiger partial charge in [0, 0.05) is 27.6 Å². The number of anilines is 1. The molecule has 222 valence electrons. The Morgan fingerprint density at radius 3 is 2.48 bits per heavy atom. The van der Waals surface area contributed by atoms with Crippen LogP contribution in [0.2, 0.25) is 0 Å². The predicted molar refractivity (Wildman–Crippen MR) is 174 cm³/mol. The number of nitrogens with zero attached hydrogens (tertiary/aromatic N) is 3. The molecule has 1 aliphatic rings. The third-order valence-electron chi connectivity index (χ3n) is 7.82. The molecule has 6 rings (SSSR count). The fraction of sp³-hybridized carbons (Fsp3) is 0.176. The molecule has 4 heterocycles. The highest BCUT2D eigenvalue weighted by molar-refractivity contribution is 7.10. The second kappa shape index (κ2) is 11.7. The van der Waals surface area contributed by atoms with E-state index in [0.717, 1.165) is 33.1 Å². The number of hydrogen-bond acceptors (Lipinski definition) is 7. The monoisotopic (exact) mass is 622 g/mol. The number of esters is 1. The maximum absolute atomic E-state index is 14.1. The molecule has 44 heavy (non-hydrogen) atoms. The Labute approximate surface area is 261 Å². The van der Waals surface area contributed by atoms with Crippen molar-refractivity contribution in [3.8, 4) is 5.69 Å². The van der Waals surface area contributed by atoms with Crippen molar-refractivity contribution in [3.63, 3.8) is 0 Å². The van der Waals surface area contributed by atoms with Crippen molar-refractivity contribution in [3.05, 3.63) is 136 Å². The molecule has 0 fully saturated rings. The number of carbonyl (C=O) groups is 2. The molecule has 2 aromatic carbocycles. The quantitative estimate of drug-likeness (QED) is 0.255. The van der Waals surface area contributed by atoms with Gasteiger partial charge in [-0.15, -0.1) is 11.3 Å². The molecule has 3 aromatic heterocycles. The lowest BCUT2D eigenvalue weighted by Crippen LogP contribution is -2.40. The van der Waals surface area contributed by atoms with Gasteiger partial charge in [-0.2, -0.15) is 0 Å². The molecule has 1 aliphatic heterocycles. The summed E-state index contributed by atoms with van der Waals surface area (Å²) in [4.78, 5) is 46.3. The number of benzene rings is 2. The topological polar surface area (TPSA) is 94.7 Å². The summed E-state index contributed by atoms with van der Waals surface area (Å²) in [7, 11) is 1.37. The number of hydrogen-bond donors (Lipinski definition) is 1. The summed E-state index contributed by atoms with van der Waals surface area (Å²) < 4.78 is 9.21. The van der Waals surface area contributed by atoms with Gasteiger partial charge in [0.2, 0.25) is 0 Å². The number of aryl methyl sites for hydroxylation is 1. The van der Waals surface area contributed by atoms with Gasteiger partial charge in [0.1, 0.15) is 6.04 Å². The van der Waals surface area contributed by atoms with Crippen molar-refractivity contribution in [2.75, 3.05) is 12.4 Å². The summed E-state index contributed by atoms with van der Waals surface area (Å²) in [5.41, 5.74) is 6.40. The summed E-state index contributed by atoms with van der Waals surface area (Å²) in [6.07, 6.45) is 1.89. The maximum Gasteiger partial charge on any atom is 0.338 e. The number of aromatic nitrogens is 2. The van der Waals surface area contributed by atoms with Crippen LogP contribution in [0.3, 0.4) is 0 Å². The standard InChI is InChI=1S/C34H30N4O4S2/c1-19-17-23(22(4)37(19)26-14-9-13-25(20(26)2)33(41)42-5)18-28-32(40)38-30(27-15-10-16-43-27)29(21(3)35-34(38)44-28)31(39)36-24-11-7-6-8-12-24/h6-18,30H,1-5H3,(H,36,39)/b28-18+/t30-/m0/s1. The van der Waals surface area contributed by atoms with E-state index in [0.29, 0.717) is 31.9 Å². The molecule has 0 spiro atoms. The number of amides is 1. The van der Waals surface area contributed by atoms with Gasteiger partial charge in [-0.3, -0.25) is 14.2 Å². The van der Waals surface area contributed by atoms with Crippen LogP contribution in [0.25, 0.3) is 11.8 Å². The number of methoxy groups -OCH3 is 1. The summed E-state index contributed by atoms with van der Waals surface area (Å²) >= 11 is 2.81. The molecule has 1 amide bonds. The van der Waals surface area contributed by atoms with E-state index >= 15 is 0 Å². The molecular formula is C34H30N4O4S2. The zero-order chi connectivity index (χ0) is 31.1. The first kappa shape index (κ1) is 29.3. The highest BCUT2D eigenvalue weighted by Gasteiger charge is 2.33. The van der Waals surface area contributed by atoms with Crippen LogP contribution in [-0.2, 0) is 9.53 Å². The summed E-state index contributed by atoms with van der Waals surface area (Å²) in [6.45, 7) is 7.70. The SMILES string of the molecule is COC(=O)c1cccc(-n2c(C)cc(/C=c3/sc4n(c3=O)[C@@H](c3cccs3)C(C(=O)Nc3ccccc3)=C(C)N=4)c2C)c1C. The minimum atomic E-state index is -0.603. The molecule has 0 unspecified atom stereocenters. The van der Waals surface area contributed by atoms with Crippen LogP contribution in [0.15, 0.2) is 93.2 Å². The summed E-state index contributed by atoms with van der Waals surface area (Å²) in [5, 5.41) is 4.92. The van der Waals surface area contributed by atoms with Crippen LogP contribution < -0.4 is 20.2 Å². The highest BCUT2D eigenvalue weighted by Crippen LogP contribution is 2.33. The molecule has 10 heteroatoms. The van der Waals surface area contributed by atoms with Crippen LogP contribution in [0.4, 0.5) is 5.69 Å².